The van der Waals surface area contributed by atoms with Crippen molar-refractivity contribution in [2.45, 2.75) is 19.8 Å². The molecule has 0 aromatic heterocycles. The van der Waals surface area contributed by atoms with Gasteiger partial charge in [0.25, 0.3) is 5.91 Å². The number of nitrogens with one attached hydrogen (secondary N) is 2. The van der Waals surface area contributed by atoms with Crippen LogP contribution in [0, 0.1) is 5.82 Å². The standard InChI is InChI=1S/C24H23FN2O3/c25-22-13-7-6-12-21(22)24(29)27-15-23(28)26-14-19-10-4-5-11-20(19)17-30-16-18-8-2-1-3-9-18/h1-13H,14-17H2,(H,26,28)(H,27,29). The Labute approximate surface area is 174 Å². The molecule has 0 unspecified atom stereocenters. The summed E-state index contributed by atoms with van der Waals surface area (Å²) in [7, 11) is 0. The Morgan fingerprint density at radius 2 is 1.43 bits per heavy atom. The summed E-state index contributed by atoms with van der Waals surface area (Å²) in [4.78, 5) is 24.1. The van der Waals surface area contributed by atoms with Gasteiger partial charge in [0, 0.05) is 6.54 Å². The van der Waals surface area contributed by atoms with Gasteiger partial charge in [0.15, 0.2) is 0 Å². The fraction of sp³-hybridized carbons (Fsp3) is 0.167. The molecule has 2 amide bonds. The Bertz CT molecular complexity index is 993. The van der Waals surface area contributed by atoms with E-state index in [-0.39, 0.29) is 18.0 Å². The highest BCUT2D eigenvalue weighted by Gasteiger charge is 2.12. The van der Waals surface area contributed by atoms with Crippen molar-refractivity contribution in [1.82, 2.24) is 10.6 Å². The summed E-state index contributed by atoms with van der Waals surface area (Å²) >= 11 is 0. The fourth-order valence-corrected chi connectivity index (χ4v) is 2.88. The van der Waals surface area contributed by atoms with Crippen LogP contribution in [-0.4, -0.2) is 18.4 Å². The zero-order chi connectivity index (χ0) is 21.2. The number of carbonyl (C=O) groups excluding carboxylic acids is 2. The van der Waals surface area contributed by atoms with Crippen LogP contribution in [0.2, 0.25) is 0 Å². The van der Waals surface area contributed by atoms with Crippen LogP contribution < -0.4 is 10.6 Å². The monoisotopic (exact) mass is 406 g/mol. The number of ether oxygens (including phenoxy) is 1. The van der Waals surface area contributed by atoms with E-state index in [0.29, 0.717) is 19.8 Å². The van der Waals surface area contributed by atoms with Crippen LogP contribution in [0.25, 0.3) is 0 Å². The molecule has 0 bridgehead atoms. The van der Waals surface area contributed by atoms with Crippen molar-refractivity contribution in [1.29, 1.82) is 0 Å². The summed E-state index contributed by atoms with van der Waals surface area (Å²) in [5, 5.41) is 5.19. The lowest BCUT2D eigenvalue weighted by Crippen LogP contribution is -2.37. The van der Waals surface area contributed by atoms with Gasteiger partial charge in [-0.3, -0.25) is 9.59 Å². The third-order valence-corrected chi connectivity index (χ3v) is 4.49. The molecule has 154 valence electrons. The van der Waals surface area contributed by atoms with Crippen LogP contribution >= 0.6 is 0 Å². The van der Waals surface area contributed by atoms with Crippen molar-refractivity contribution in [3.63, 3.8) is 0 Å². The van der Waals surface area contributed by atoms with E-state index in [4.69, 9.17) is 4.74 Å². The van der Waals surface area contributed by atoms with E-state index in [1.54, 1.807) is 6.07 Å². The molecule has 0 fully saturated rings. The second-order valence-electron chi connectivity index (χ2n) is 6.69. The molecule has 0 spiro atoms. The van der Waals surface area contributed by atoms with Crippen LogP contribution in [0.4, 0.5) is 4.39 Å². The second kappa shape index (κ2) is 10.9. The highest BCUT2D eigenvalue weighted by molar-refractivity contribution is 5.96. The summed E-state index contributed by atoms with van der Waals surface area (Å²) in [6.45, 7) is 0.994. The molecule has 30 heavy (non-hydrogen) atoms. The first kappa shape index (κ1) is 21.2. The van der Waals surface area contributed by atoms with Gasteiger partial charge in [-0.25, -0.2) is 4.39 Å². The van der Waals surface area contributed by atoms with Crippen LogP contribution in [0.3, 0.4) is 0 Å². The molecule has 6 heteroatoms. The van der Waals surface area contributed by atoms with Crippen molar-refractivity contribution in [2.24, 2.45) is 0 Å². The summed E-state index contributed by atoms with van der Waals surface area (Å²) < 4.78 is 19.4. The first-order valence-corrected chi connectivity index (χ1v) is 9.61. The SMILES string of the molecule is O=C(CNC(=O)c1ccccc1F)NCc1ccccc1COCc1ccccc1. The molecule has 5 nitrogen and oxygen atoms in total. The van der Waals surface area contributed by atoms with E-state index in [1.807, 2.05) is 54.6 Å². The maximum absolute atomic E-state index is 13.6. The second-order valence-corrected chi connectivity index (χ2v) is 6.69. The van der Waals surface area contributed by atoms with E-state index in [9.17, 15) is 14.0 Å². The van der Waals surface area contributed by atoms with Gasteiger partial charge in [0.05, 0.1) is 25.3 Å². The highest BCUT2D eigenvalue weighted by Crippen LogP contribution is 2.12. The van der Waals surface area contributed by atoms with Crippen LogP contribution in [0.1, 0.15) is 27.0 Å². The number of hydrogen-bond donors (Lipinski definition) is 2. The van der Waals surface area contributed by atoms with Crippen molar-refractivity contribution < 1.29 is 18.7 Å². The molecule has 0 heterocycles. The van der Waals surface area contributed by atoms with Crippen molar-refractivity contribution in [3.8, 4) is 0 Å². The Hall–Kier alpha value is -3.51. The predicted molar refractivity (Wildman–Crippen MR) is 112 cm³/mol. The van der Waals surface area contributed by atoms with Gasteiger partial charge in [0.2, 0.25) is 5.91 Å². The van der Waals surface area contributed by atoms with Gasteiger partial charge in [-0.1, -0.05) is 66.7 Å². The fourth-order valence-electron chi connectivity index (χ4n) is 2.88. The first-order valence-electron chi connectivity index (χ1n) is 9.61. The summed E-state index contributed by atoms with van der Waals surface area (Å²) in [5.41, 5.74) is 2.91. The van der Waals surface area contributed by atoms with E-state index < -0.39 is 11.7 Å². The molecule has 0 atom stereocenters. The van der Waals surface area contributed by atoms with Crippen molar-refractivity contribution in [2.75, 3.05) is 6.54 Å². The summed E-state index contributed by atoms with van der Waals surface area (Å²) in [6, 6.07) is 23.2. The van der Waals surface area contributed by atoms with E-state index >= 15 is 0 Å². The topological polar surface area (TPSA) is 67.4 Å². The van der Waals surface area contributed by atoms with Gasteiger partial charge >= 0.3 is 0 Å². The lowest BCUT2D eigenvalue weighted by molar-refractivity contribution is -0.120. The van der Waals surface area contributed by atoms with Gasteiger partial charge in [-0.05, 0) is 28.8 Å². The average Bonchev–Trinajstić information content (AvgIpc) is 2.78. The highest BCUT2D eigenvalue weighted by atomic mass is 19.1. The van der Waals surface area contributed by atoms with Crippen LogP contribution in [0.5, 0.6) is 0 Å². The van der Waals surface area contributed by atoms with E-state index in [1.165, 1.54) is 18.2 Å². The number of rotatable bonds is 9. The smallest absolute Gasteiger partial charge is 0.254 e. The van der Waals surface area contributed by atoms with Crippen LogP contribution in [-0.2, 0) is 29.3 Å². The molecular formula is C24H23FN2O3. The zero-order valence-corrected chi connectivity index (χ0v) is 16.4. The predicted octanol–water partition coefficient (Wildman–Crippen LogP) is 3.59. The molecule has 3 aromatic rings. The lowest BCUT2D eigenvalue weighted by atomic mass is 10.1. The lowest BCUT2D eigenvalue weighted by Gasteiger charge is -2.12. The molecule has 3 rings (SSSR count). The third-order valence-electron chi connectivity index (χ3n) is 4.49. The minimum absolute atomic E-state index is 0.0915. The van der Waals surface area contributed by atoms with E-state index in [2.05, 4.69) is 10.6 Å². The summed E-state index contributed by atoms with van der Waals surface area (Å²) in [5.74, 6) is -1.61. The Morgan fingerprint density at radius 1 is 0.767 bits per heavy atom. The zero-order valence-electron chi connectivity index (χ0n) is 16.4. The molecule has 2 N–H and O–H groups in total. The molecule has 0 saturated heterocycles. The Morgan fingerprint density at radius 3 is 2.20 bits per heavy atom. The quantitative estimate of drug-likeness (QED) is 0.571. The van der Waals surface area contributed by atoms with Gasteiger partial charge < -0.3 is 15.4 Å². The molecule has 3 aromatic carbocycles. The number of benzene rings is 3. The van der Waals surface area contributed by atoms with Crippen molar-refractivity contribution >= 4 is 11.8 Å². The van der Waals surface area contributed by atoms with E-state index in [0.717, 1.165) is 16.7 Å². The van der Waals surface area contributed by atoms with Crippen LogP contribution in [0.15, 0.2) is 78.9 Å². The normalized spacial score (nSPS) is 10.4. The third kappa shape index (κ3) is 6.25. The van der Waals surface area contributed by atoms with Crippen molar-refractivity contribution in [3.05, 3.63) is 107 Å². The average molecular weight is 406 g/mol. The number of amides is 2. The molecule has 0 saturated carbocycles. The molecule has 0 aliphatic heterocycles. The van der Waals surface area contributed by atoms with Gasteiger partial charge in [-0.2, -0.15) is 0 Å². The maximum atomic E-state index is 13.6. The molecule has 0 radical (unpaired) electrons. The number of halogens is 1. The first-order chi connectivity index (χ1) is 14.6. The molecule has 0 aliphatic carbocycles. The van der Waals surface area contributed by atoms with Gasteiger partial charge in [0.1, 0.15) is 5.82 Å². The summed E-state index contributed by atoms with van der Waals surface area (Å²) in [6.07, 6.45) is 0. The van der Waals surface area contributed by atoms with Gasteiger partial charge in [-0.15, -0.1) is 0 Å². The molecule has 0 aliphatic rings. The Balaban J connectivity index is 1.46. The maximum Gasteiger partial charge on any atom is 0.254 e. The molecular weight excluding hydrogens is 383 g/mol. The largest absolute Gasteiger partial charge is 0.372 e. The Kier molecular flexibility index (Phi) is 7.69. The number of carbonyl (C=O) groups is 2. The minimum Gasteiger partial charge on any atom is -0.372 e. The minimum atomic E-state index is -0.627. The number of hydrogen-bond acceptors (Lipinski definition) is 3.